The van der Waals surface area contributed by atoms with Crippen LogP contribution >= 0.6 is 0 Å². The Bertz CT molecular complexity index is 439. The Kier molecular flexibility index (Phi) is 6.46. The van der Waals surface area contributed by atoms with Gasteiger partial charge in [0.1, 0.15) is 24.4 Å². The van der Waals surface area contributed by atoms with Gasteiger partial charge in [0.05, 0.1) is 30.5 Å². The summed E-state index contributed by atoms with van der Waals surface area (Å²) in [5.41, 5.74) is -2.55. The fraction of sp³-hybridized carbons (Fsp3) is 1.00. The Hall–Kier alpha value is -0.360. The zero-order valence-corrected chi connectivity index (χ0v) is 14.5. The van der Waals surface area contributed by atoms with E-state index in [4.69, 9.17) is 14.6 Å². The lowest BCUT2D eigenvalue weighted by Gasteiger charge is -2.44. The molecule has 0 bridgehead atoms. The monoisotopic (exact) mass is 366 g/mol. The number of aliphatic hydroxyl groups is 7. The maximum Gasteiger partial charge on any atom is 0.186 e. The maximum absolute atomic E-state index is 10.7. The van der Waals surface area contributed by atoms with Crippen molar-refractivity contribution in [2.45, 2.75) is 81.1 Å². The largest absolute Gasteiger partial charge is 0.394 e. The molecule has 9 unspecified atom stereocenters. The highest BCUT2D eigenvalue weighted by molar-refractivity contribution is 4.96. The van der Waals surface area contributed by atoms with Crippen LogP contribution in [0, 0.1) is 5.92 Å². The van der Waals surface area contributed by atoms with Crippen molar-refractivity contribution in [1.82, 2.24) is 0 Å². The minimum atomic E-state index is -1.55. The summed E-state index contributed by atoms with van der Waals surface area (Å²) in [4.78, 5) is 0. The molecule has 2 rings (SSSR count). The molecule has 2 fully saturated rings. The molecule has 1 saturated heterocycles. The molecule has 0 aromatic carbocycles. The molecule has 148 valence electrons. The van der Waals surface area contributed by atoms with E-state index in [2.05, 4.69) is 0 Å². The molecule has 0 amide bonds. The fourth-order valence-corrected chi connectivity index (χ4v) is 3.41. The molecule has 1 aliphatic carbocycles. The second-order valence-corrected chi connectivity index (χ2v) is 7.71. The van der Waals surface area contributed by atoms with Gasteiger partial charge in [-0.3, -0.25) is 0 Å². The zero-order chi connectivity index (χ0) is 19.0. The van der Waals surface area contributed by atoms with Gasteiger partial charge in [-0.15, -0.1) is 0 Å². The van der Waals surface area contributed by atoms with Crippen LogP contribution in [0.4, 0.5) is 0 Å². The van der Waals surface area contributed by atoms with Crippen LogP contribution in [0.5, 0.6) is 0 Å². The normalized spacial score (nSPS) is 48.1. The quantitative estimate of drug-likeness (QED) is 0.278. The van der Waals surface area contributed by atoms with Gasteiger partial charge < -0.3 is 45.2 Å². The first kappa shape index (κ1) is 20.9. The van der Waals surface area contributed by atoms with Crippen molar-refractivity contribution in [2.75, 3.05) is 13.2 Å². The zero-order valence-electron chi connectivity index (χ0n) is 14.5. The predicted molar refractivity (Wildman–Crippen MR) is 84.3 cm³/mol. The van der Waals surface area contributed by atoms with Crippen LogP contribution in [0.3, 0.4) is 0 Å². The molecule has 0 spiro atoms. The summed E-state index contributed by atoms with van der Waals surface area (Å²) >= 11 is 0. The SMILES string of the molecule is CC1(O)CCC(C(C)(O)COC2OC(CO)C(O)C(O)C2O)CC1O. The van der Waals surface area contributed by atoms with Gasteiger partial charge in [-0.2, -0.15) is 0 Å². The van der Waals surface area contributed by atoms with Crippen molar-refractivity contribution in [3.63, 3.8) is 0 Å². The number of hydrogen-bond acceptors (Lipinski definition) is 9. The third-order valence-corrected chi connectivity index (χ3v) is 5.49. The summed E-state index contributed by atoms with van der Waals surface area (Å²) < 4.78 is 10.6. The highest BCUT2D eigenvalue weighted by atomic mass is 16.7. The van der Waals surface area contributed by atoms with E-state index >= 15 is 0 Å². The lowest BCUT2D eigenvalue weighted by Crippen LogP contribution is -2.60. The van der Waals surface area contributed by atoms with Crippen LogP contribution in [0.1, 0.15) is 33.1 Å². The molecule has 1 heterocycles. The Morgan fingerprint density at radius 1 is 1.16 bits per heavy atom. The van der Waals surface area contributed by atoms with Crippen molar-refractivity contribution in [1.29, 1.82) is 0 Å². The van der Waals surface area contributed by atoms with Crippen molar-refractivity contribution in [2.24, 2.45) is 5.92 Å². The van der Waals surface area contributed by atoms with Crippen molar-refractivity contribution >= 4 is 0 Å². The molecule has 0 radical (unpaired) electrons. The minimum Gasteiger partial charge on any atom is -0.394 e. The average molecular weight is 366 g/mol. The maximum atomic E-state index is 10.7. The summed E-state index contributed by atoms with van der Waals surface area (Å²) in [5.74, 6) is -0.340. The summed E-state index contributed by atoms with van der Waals surface area (Å²) in [6, 6.07) is 0. The number of rotatable bonds is 5. The van der Waals surface area contributed by atoms with Crippen molar-refractivity contribution in [3.8, 4) is 0 Å². The topological polar surface area (TPSA) is 160 Å². The number of aliphatic hydroxyl groups excluding tert-OH is 5. The van der Waals surface area contributed by atoms with E-state index in [-0.39, 0.29) is 18.9 Å². The molecule has 1 saturated carbocycles. The van der Waals surface area contributed by atoms with Gasteiger partial charge in [-0.05, 0) is 39.0 Å². The smallest absolute Gasteiger partial charge is 0.186 e. The molecule has 2 aliphatic rings. The van der Waals surface area contributed by atoms with E-state index in [1.807, 2.05) is 0 Å². The number of hydrogen-bond donors (Lipinski definition) is 7. The highest BCUT2D eigenvalue weighted by Crippen LogP contribution is 2.38. The predicted octanol–water partition coefficient (Wildman–Crippen LogP) is -2.53. The van der Waals surface area contributed by atoms with Crippen molar-refractivity contribution in [3.05, 3.63) is 0 Å². The molecule has 0 aromatic rings. The first-order valence-corrected chi connectivity index (χ1v) is 8.54. The van der Waals surface area contributed by atoms with Gasteiger partial charge in [0.25, 0.3) is 0 Å². The number of ether oxygens (including phenoxy) is 2. The first-order chi connectivity index (χ1) is 11.5. The molecule has 1 aliphatic heterocycles. The van der Waals surface area contributed by atoms with Gasteiger partial charge in [0.2, 0.25) is 0 Å². The Morgan fingerprint density at radius 2 is 1.80 bits per heavy atom. The molecular formula is C16H30O9. The van der Waals surface area contributed by atoms with Gasteiger partial charge in [0.15, 0.2) is 6.29 Å². The van der Waals surface area contributed by atoms with Gasteiger partial charge in [-0.25, -0.2) is 0 Å². The lowest BCUT2D eigenvalue weighted by molar-refractivity contribution is -0.310. The standard InChI is InChI=1S/C16H30O9/c1-15(22)4-3-8(5-10(15)18)16(2,23)7-24-14-13(21)12(20)11(19)9(6-17)25-14/h8-14,17-23H,3-7H2,1-2H3. The second-order valence-electron chi connectivity index (χ2n) is 7.71. The summed E-state index contributed by atoms with van der Waals surface area (Å²) in [5, 5.41) is 69.3. The molecule has 9 nitrogen and oxygen atoms in total. The minimum absolute atomic E-state index is 0.193. The molecule has 0 aromatic heterocycles. The molecule has 9 heteroatoms. The average Bonchev–Trinajstić information content (AvgIpc) is 2.54. The van der Waals surface area contributed by atoms with Crippen LogP contribution in [-0.4, -0.2) is 97.0 Å². The Labute approximate surface area is 146 Å². The van der Waals surface area contributed by atoms with Crippen molar-refractivity contribution < 1.29 is 45.2 Å². The van der Waals surface area contributed by atoms with Gasteiger partial charge >= 0.3 is 0 Å². The first-order valence-electron chi connectivity index (χ1n) is 8.54. The second kappa shape index (κ2) is 7.71. The van der Waals surface area contributed by atoms with Crippen LogP contribution in [-0.2, 0) is 9.47 Å². The lowest BCUT2D eigenvalue weighted by atomic mass is 9.71. The highest BCUT2D eigenvalue weighted by Gasteiger charge is 2.47. The molecular weight excluding hydrogens is 336 g/mol. The molecule has 9 atom stereocenters. The van der Waals surface area contributed by atoms with Crippen LogP contribution < -0.4 is 0 Å². The fourth-order valence-electron chi connectivity index (χ4n) is 3.41. The van der Waals surface area contributed by atoms with Crippen LogP contribution in [0.2, 0.25) is 0 Å². The van der Waals surface area contributed by atoms with Gasteiger partial charge in [-0.1, -0.05) is 0 Å². The van der Waals surface area contributed by atoms with E-state index in [1.165, 1.54) is 6.92 Å². The van der Waals surface area contributed by atoms with E-state index < -0.39 is 54.6 Å². The van der Waals surface area contributed by atoms with Gasteiger partial charge in [0, 0.05) is 0 Å². The molecule has 25 heavy (non-hydrogen) atoms. The third-order valence-electron chi connectivity index (χ3n) is 5.49. The summed E-state index contributed by atoms with van der Waals surface area (Å²) in [6.07, 6.45) is -6.93. The molecule has 7 N–H and O–H groups in total. The van der Waals surface area contributed by atoms with Crippen LogP contribution in [0.25, 0.3) is 0 Å². The van der Waals surface area contributed by atoms with E-state index in [9.17, 15) is 30.6 Å². The summed E-state index contributed by atoms with van der Waals surface area (Å²) in [7, 11) is 0. The Balaban J connectivity index is 1.95. The Morgan fingerprint density at radius 3 is 2.36 bits per heavy atom. The summed E-state index contributed by atoms with van der Waals surface area (Å²) in [6.45, 7) is 2.25. The van der Waals surface area contributed by atoms with E-state index in [0.29, 0.717) is 12.8 Å². The third kappa shape index (κ3) is 4.49. The van der Waals surface area contributed by atoms with E-state index in [0.717, 1.165) is 0 Å². The van der Waals surface area contributed by atoms with E-state index in [1.54, 1.807) is 6.92 Å². The van der Waals surface area contributed by atoms with Crippen LogP contribution in [0.15, 0.2) is 0 Å².